The summed E-state index contributed by atoms with van der Waals surface area (Å²) in [7, 11) is 0. The van der Waals surface area contributed by atoms with E-state index in [4.69, 9.17) is 28.9 Å². The lowest BCUT2D eigenvalue weighted by Crippen LogP contribution is -2.38. The van der Waals surface area contributed by atoms with Crippen LogP contribution in [0.15, 0.2) is 18.2 Å². The number of hydrogen-bond donors (Lipinski definition) is 1. The molecule has 0 amide bonds. The summed E-state index contributed by atoms with van der Waals surface area (Å²) in [6.45, 7) is 3.19. The normalized spacial score (nSPS) is 31.4. The summed E-state index contributed by atoms with van der Waals surface area (Å²) in [5.41, 5.74) is 7.42. The third-order valence-corrected chi connectivity index (χ3v) is 5.23. The van der Waals surface area contributed by atoms with Crippen LogP contribution in [0.25, 0.3) is 0 Å². The Kier molecular flexibility index (Phi) is 4.04. The third-order valence-electron chi connectivity index (χ3n) is 4.64. The van der Waals surface area contributed by atoms with E-state index in [9.17, 15) is 0 Å². The minimum atomic E-state index is 0.393. The molecule has 1 saturated carbocycles. The molecule has 0 bridgehead atoms. The lowest BCUT2D eigenvalue weighted by atomic mass is 9.78. The van der Waals surface area contributed by atoms with Gasteiger partial charge in [-0.05, 0) is 42.4 Å². The molecular formula is C15H20Cl2N2. The molecule has 2 aliphatic rings. The van der Waals surface area contributed by atoms with Crippen LogP contribution in [0.2, 0.25) is 10.0 Å². The summed E-state index contributed by atoms with van der Waals surface area (Å²) in [6.07, 6.45) is 3.82. The van der Waals surface area contributed by atoms with Crippen LogP contribution < -0.4 is 5.73 Å². The van der Waals surface area contributed by atoms with E-state index in [1.165, 1.54) is 24.8 Å². The lowest BCUT2D eigenvalue weighted by Gasteiger charge is -2.29. The first-order chi connectivity index (χ1) is 9.13. The maximum Gasteiger partial charge on any atom is 0.0465 e. The van der Waals surface area contributed by atoms with Crippen LogP contribution >= 0.6 is 23.2 Å². The van der Waals surface area contributed by atoms with Crippen molar-refractivity contribution in [2.45, 2.75) is 31.8 Å². The second-order valence-electron chi connectivity index (χ2n) is 5.95. The van der Waals surface area contributed by atoms with E-state index < -0.39 is 0 Å². The predicted octanol–water partition coefficient (Wildman–Crippen LogP) is 3.55. The number of nitrogens with two attached hydrogens (primary N) is 1. The highest BCUT2D eigenvalue weighted by Gasteiger charge is 2.38. The van der Waals surface area contributed by atoms with Crippen molar-refractivity contribution in [2.75, 3.05) is 13.1 Å². The Labute approximate surface area is 124 Å². The summed E-state index contributed by atoms with van der Waals surface area (Å²) in [6, 6.07) is 6.17. The molecule has 1 aliphatic heterocycles. The summed E-state index contributed by atoms with van der Waals surface area (Å²) in [5.74, 6) is 1.47. The Morgan fingerprint density at radius 2 is 2.05 bits per heavy atom. The maximum atomic E-state index is 6.26. The van der Waals surface area contributed by atoms with Crippen LogP contribution in [0, 0.1) is 11.8 Å². The van der Waals surface area contributed by atoms with Crippen molar-refractivity contribution in [1.82, 2.24) is 4.90 Å². The molecule has 3 atom stereocenters. The molecule has 4 heteroatoms. The van der Waals surface area contributed by atoms with Gasteiger partial charge in [0, 0.05) is 35.7 Å². The van der Waals surface area contributed by atoms with Crippen LogP contribution in [0.5, 0.6) is 0 Å². The number of hydrogen-bond acceptors (Lipinski definition) is 2. The first-order valence-electron chi connectivity index (χ1n) is 7.05. The first kappa shape index (κ1) is 13.7. The summed E-state index contributed by atoms with van der Waals surface area (Å²) in [4.78, 5) is 2.50. The van der Waals surface area contributed by atoms with Gasteiger partial charge in [-0.3, -0.25) is 4.90 Å². The van der Waals surface area contributed by atoms with Gasteiger partial charge in [-0.1, -0.05) is 35.7 Å². The van der Waals surface area contributed by atoms with Crippen molar-refractivity contribution in [3.8, 4) is 0 Å². The van der Waals surface area contributed by atoms with Crippen LogP contribution in [0.1, 0.15) is 24.8 Å². The van der Waals surface area contributed by atoms with Crippen LogP contribution in [0.4, 0.5) is 0 Å². The number of fused-ring (bicyclic) bond motifs is 1. The summed E-state index contributed by atoms with van der Waals surface area (Å²) >= 11 is 12.2. The van der Waals surface area contributed by atoms with Crippen molar-refractivity contribution in [2.24, 2.45) is 17.6 Å². The first-order valence-corrected chi connectivity index (χ1v) is 7.81. The van der Waals surface area contributed by atoms with E-state index in [0.717, 1.165) is 30.6 Å². The van der Waals surface area contributed by atoms with E-state index in [1.807, 2.05) is 18.2 Å². The third kappa shape index (κ3) is 2.92. The fourth-order valence-corrected chi connectivity index (χ4v) is 4.10. The average molecular weight is 299 g/mol. The molecule has 19 heavy (non-hydrogen) atoms. The molecule has 0 spiro atoms. The highest BCUT2D eigenvalue weighted by atomic mass is 35.5. The molecule has 3 unspecified atom stereocenters. The molecule has 3 rings (SSSR count). The molecule has 0 radical (unpaired) electrons. The van der Waals surface area contributed by atoms with Gasteiger partial charge in [-0.15, -0.1) is 0 Å². The van der Waals surface area contributed by atoms with Crippen molar-refractivity contribution in [3.63, 3.8) is 0 Å². The molecule has 1 aromatic rings. The van der Waals surface area contributed by atoms with Crippen molar-refractivity contribution >= 4 is 23.2 Å². The maximum absolute atomic E-state index is 6.26. The van der Waals surface area contributed by atoms with Gasteiger partial charge in [0.25, 0.3) is 0 Å². The van der Waals surface area contributed by atoms with Crippen molar-refractivity contribution in [3.05, 3.63) is 33.8 Å². The molecule has 1 aliphatic carbocycles. The van der Waals surface area contributed by atoms with E-state index in [0.29, 0.717) is 17.0 Å². The van der Waals surface area contributed by atoms with Gasteiger partial charge >= 0.3 is 0 Å². The minimum absolute atomic E-state index is 0.393. The number of likely N-dealkylation sites (tertiary alicyclic amines) is 1. The Hall–Kier alpha value is -0.280. The molecule has 1 saturated heterocycles. The van der Waals surface area contributed by atoms with Gasteiger partial charge in [-0.2, -0.15) is 0 Å². The topological polar surface area (TPSA) is 29.3 Å². The Morgan fingerprint density at radius 1 is 1.21 bits per heavy atom. The second-order valence-corrected chi connectivity index (χ2v) is 6.79. The van der Waals surface area contributed by atoms with Crippen molar-refractivity contribution in [1.29, 1.82) is 0 Å². The quantitative estimate of drug-likeness (QED) is 0.905. The number of benzene rings is 1. The van der Waals surface area contributed by atoms with E-state index in [-0.39, 0.29) is 0 Å². The molecule has 0 aromatic heterocycles. The zero-order chi connectivity index (χ0) is 13.4. The molecule has 104 valence electrons. The highest BCUT2D eigenvalue weighted by molar-refractivity contribution is 6.35. The Balaban J connectivity index is 1.68. The SMILES string of the molecule is NC1CCCC2CN(Cc3ccc(Cl)cc3Cl)CC12. The number of rotatable bonds is 2. The van der Waals surface area contributed by atoms with E-state index in [2.05, 4.69) is 4.90 Å². The van der Waals surface area contributed by atoms with E-state index in [1.54, 1.807) is 0 Å². The Morgan fingerprint density at radius 3 is 2.79 bits per heavy atom. The summed E-state index contributed by atoms with van der Waals surface area (Å²) < 4.78 is 0. The van der Waals surface area contributed by atoms with Gasteiger partial charge in [-0.25, -0.2) is 0 Å². The van der Waals surface area contributed by atoms with Gasteiger partial charge < -0.3 is 5.73 Å². The van der Waals surface area contributed by atoms with Gasteiger partial charge in [0.2, 0.25) is 0 Å². The smallest absolute Gasteiger partial charge is 0.0465 e. The molecule has 1 heterocycles. The zero-order valence-electron chi connectivity index (χ0n) is 11.0. The van der Waals surface area contributed by atoms with Crippen molar-refractivity contribution < 1.29 is 0 Å². The fraction of sp³-hybridized carbons (Fsp3) is 0.600. The van der Waals surface area contributed by atoms with Gasteiger partial charge in [0.05, 0.1) is 0 Å². The minimum Gasteiger partial charge on any atom is -0.327 e. The highest BCUT2D eigenvalue weighted by Crippen LogP contribution is 2.36. The fourth-order valence-electron chi connectivity index (χ4n) is 3.63. The largest absolute Gasteiger partial charge is 0.327 e. The molecule has 2 fully saturated rings. The molecule has 2 nitrogen and oxygen atoms in total. The zero-order valence-corrected chi connectivity index (χ0v) is 12.5. The lowest BCUT2D eigenvalue weighted by molar-refractivity contribution is 0.259. The van der Waals surface area contributed by atoms with Gasteiger partial charge in [0.15, 0.2) is 0 Å². The van der Waals surface area contributed by atoms with Crippen LogP contribution in [-0.4, -0.2) is 24.0 Å². The monoisotopic (exact) mass is 298 g/mol. The molecular weight excluding hydrogens is 279 g/mol. The second kappa shape index (κ2) is 5.61. The Bertz CT molecular complexity index is 463. The summed E-state index contributed by atoms with van der Waals surface area (Å²) in [5, 5.41) is 1.47. The predicted molar refractivity (Wildman–Crippen MR) is 80.5 cm³/mol. The van der Waals surface area contributed by atoms with Gasteiger partial charge in [0.1, 0.15) is 0 Å². The number of halogens is 2. The number of nitrogens with zero attached hydrogens (tertiary/aromatic N) is 1. The average Bonchev–Trinajstić information content (AvgIpc) is 2.77. The standard InChI is InChI=1S/C15H20Cl2N2/c16-12-5-4-11(14(17)6-12)8-19-7-10-2-1-3-15(18)13(10)9-19/h4-6,10,13,15H,1-3,7-9,18H2. The molecule has 2 N–H and O–H groups in total. The van der Waals surface area contributed by atoms with Crippen LogP contribution in [0.3, 0.4) is 0 Å². The van der Waals surface area contributed by atoms with E-state index >= 15 is 0 Å². The molecule has 1 aromatic carbocycles. The van der Waals surface area contributed by atoms with Crippen LogP contribution in [-0.2, 0) is 6.54 Å².